The highest BCUT2D eigenvalue weighted by molar-refractivity contribution is 6.11. The summed E-state index contributed by atoms with van der Waals surface area (Å²) in [7, 11) is 0. The Hall–Kier alpha value is -3.87. The van der Waals surface area contributed by atoms with Gasteiger partial charge in [0.05, 0.1) is 6.26 Å². The lowest BCUT2D eigenvalue weighted by molar-refractivity contribution is -0.133. The summed E-state index contributed by atoms with van der Waals surface area (Å²) in [6.45, 7) is 1.70. The molecule has 2 aliphatic heterocycles. The predicted molar refractivity (Wildman–Crippen MR) is 118 cm³/mol. The maximum Gasteiger partial charge on any atom is 0.289 e. The van der Waals surface area contributed by atoms with Crippen LogP contribution in [0.1, 0.15) is 26.5 Å². The fraction of sp³-hybridized carbons (Fsp3) is 0.240. The maximum atomic E-state index is 13.5. The van der Waals surface area contributed by atoms with Gasteiger partial charge in [0, 0.05) is 43.9 Å². The number of nitrogens with zero attached hydrogens (tertiary/aromatic N) is 3. The van der Waals surface area contributed by atoms with E-state index < -0.39 is 6.04 Å². The number of piperazine rings is 1. The van der Waals surface area contributed by atoms with E-state index in [4.69, 9.17) is 4.42 Å². The molecule has 0 saturated carbocycles. The van der Waals surface area contributed by atoms with Crippen molar-refractivity contribution in [2.24, 2.45) is 0 Å². The second-order valence-corrected chi connectivity index (χ2v) is 7.98. The first-order valence-electron chi connectivity index (χ1n) is 10.7. The second kappa shape index (κ2) is 8.34. The summed E-state index contributed by atoms with van der Waals surface area (Å²) in [5.41, 5.74) is 2.32. The summed E-state index contributed by atoms with van der Waals surface area (Å²) < 4.78 is 5.21. The van der Waals surface area contributed by atoms with Crippen LogP contribution in [0.15, 0.2) is 77.4 Å². The quantitative estimate of drug-likeness (QED) is 0.642. The fourth-order valence-corrected chi connectivity index (χ4v) is 4.45. The molecule has 0 spiro atoms. The SMILES string of the molecule is O=C(c1ccco1)N1CCN(C(=O)[C@@H]2Cc3ccccc3N2C(=O)c2ccccc2)CC1. The van der Waals surface area contributed by atoms with Gasteiger partial charge in [-0.15, -0.1) is 0 Å². The van der Waals surface area contributed by atoms with Crippen molar-refractivity contribution in [2.45, 2.75) is 12.5 Å². The Morgan fingerprint density at radius 1 is 0.750 bits per heavy atom. The lowest BCUT2D eigenvalue weighted by atomic mass is 10.1. The van der Waals surface area contributed by atoms with E-state index in [1.54, 1.807) is 39.0 Å². The molecule has 0 N–H and O–H groups in total. The molecule has 3 heterocycles. The molecule has 5 rings (SSSR count). The van der Waals surface area contributed by atoms with Gasteiger partial charge in [0.25, 0.3) is 11.8 Å². The Kier molecular flexibility index (Phi) is 5.23. The van der Waals surface area contributed by atoms with Crippen molar-refractivity contribution in [3.05, 3.63) is 89.9 Å². The number of carbonyl (C=O) groups excluding carboxylic acids is 3. The fourth-order valence-electron chi connectivity index (χ4n) is 4.45. The van der Waals surface area contributed by atoms with Gasteiger partial charge >= 0.3 is 0 Å². The summed E-state index contributed by atoms with van der Waals surface area (Å²) in [6, 6.07) is 19.4. The van der Waals surface area contributed by atoms with Crippen LogP contribution >= 0.6 is 0 Å². The molecule has 3 aromatic rings. The molecule has 0 unspecified atom stereocenters. The zero-order chi connectivity index (χ0) is 22.1. The van der Waals surface area contributed by atoms with E-state index in [-0.39, 0.29) is 17.7 Å². The minimum atomic E-state index is -0.590. The normalized spacial score (nSPS) is 17.9. The van der Waals surface area contributed by atoms with E-state index in [0.717, 1.165) is 11.3 Å². The van der Waals surface area contributed by atoms with Gasteiger partial charge < -0.3 is 14.2 Å². The Bertz CT molecular complexity index is 1140. The van der Waals surface area contributed by atoms with Crippen LogP contribution in [0.25, 0.3) is 0 Å². The summed E-state index contributed by atoms with van der Waals surface area (Å²) in [5, 5.41) is 0. The molecule has 2 aromatic carbocycles. The van der Waals surface area contributed by atoms with Crippen LogP contribution in [0.2, 0.25) is 0 Å². The molecule has 0 radical (unpaired) electrons. The molecule has 7 nitrogen and oxygen atoms in total. The smallest absolute Gasteiger partial charge is 0.289 e. The minimum absolute atomic E-state index is 0.0874. The number of furan rings is 1. The van der Waals surface area contributed by atoms with E-state index in [9.17, 15) is 14.4 Å². The molecule has 162 valence electrons. The van der Waals surface area contributed by atoms with Crippen molar-refractivity contribution in [1.82, 2.24) is 9.80 Å². The molecule has 0 bridgehead atoms. The molecule has 2 aliphatic rings. The molecule has 3 amide bonds. The molecular formula is C25H23N3O4. The third-order valence-electron chi connectivity index (χ3n) is 6.11. The van der Waals surface area contributed by atoms with Gasteiger partial charge in [-0.3, -0.25) is 19.3 Å². The molecule has 7 heteroatoms. The number of fused-ring (bicyclic) bond motifs is 1. The van der Waals surface area contributed by atoms with E-state index in [0.29, 0.717) is 43.9 Å². The van der Waals surface area contributed by atoms with E-state index in [2.05, 4.69) is 0 Å². The first-order valence-corrected chi connectivity index (χ1v) is 10.7. The second-order valence-electron chi connectivity index (χ2n) is 7.98. The van der Waals surface area contributed by atoms with Crippen molar-refractivity contribution in [3.8, 4) is 0 Å². The Morgan fingerprint density at radius 3 is 2.16 bits per heavy atom. The number of carbonyl (C=O) groups is 3. The third-order valence-corrected chi connectivity index (χ3v) is 6.11. The van der Waals surface area contributed by atoms with Crippen molar-refractivity contribution < 1.29 is 18.8 Å². The zero-order valence-electron chi connectivity index (χ0n) is 17.5. The standard InChI is InChI=1S/C25H23N3O4/c29-23(18-7-2-1-3-8-18)28-20-10-5-4-9-19(20)17-21(28)24(30)26-12-14-27(15-13-26)25(31)22-11-6-16-32-22/h1-11,16,21H,12-15,17H2/t21-/m0/s1. The highest BCUT2D eigenvalue weighted by Gasteiger charge is 2.41. The predicted octanol–water partition coefficient (Wildman–Crippen LogP) is 2.84. The first-order chi connectivity index (χ1) is 15.6. The molecule has 32 heavy (non-hydrogen) atoms. The molecule has 1 fully saturated rings. The summed E-state index contributed by atoms with van der Waals surface area (Å²) in [4.78, 5) is 44.5. The van der Waals surface area contributed by atoms with Crippen LogP contribution < -0.4 is 4.90 Å². The molecular weight excluding hydrogens is 406 g/mol. The van der Waals surface area contributed by atoms with Crippen LogP contribution in [0.3, 0.4) is 0 Å². The summed E-state index contributed by atoms with van der Waals surface area (Å²) >= 11 is 0. The Morgan fingerprint density at radius 2 is 1.44 bits per heavy atom. The van der Waals surface area contributed by atoms with Crippen LogP contribution in [-0.2, 0) is 11.2 Å². The van der Waals surface area contributed by atoms with Gasteiger partial charge in [0.15, 0.2) is 5.76 Å². The Labute approximate surface area is 185 Å². The van der Waals surface area contributed by atoms with Crippen molar-refractivity contribution >= 4 is 23.4 Å². The largest absolute Gasteiger partial charge is 0.459 e. The number of hydrogen-bond donors (Lipinski definition) is 0. The number of amides is 3. The van der Waals surface area contributed by atoms with Gasteiger partial charge in [-0.2, -0.15) is 0 Å². The van der Waals surface area contributed by atoms with Gasteiger partial charge in [0.1, 0.15) is 6.04 Å². The van der Waals surface area contributed by atoms with Crippen LogP contribution in [0, 0.1) is 0 Å². The lowest BCUT2D eigenvalue weighted by Crippen LogP contribution is -2.56. The van der Waals surface area contributed by atoms with E-state index in [1.807, 2.05) is 42.5 Å². The number of hydrogen-bond acceptors (Lipinski definition) is 4. The van der Waals surface area contributed by atoms with E-state index in [1.165, 1.54) is 6.26 Å². The number of para-hydroxylation sites is 1. The van der Waals surface area contributed by atoms with Crippen LogP contribution in [0.5, 0.6) is 0 Å². The molecule has 1 aromatic heterocycles. The summed E-state index contributed by atoms with van der Waals surface area (Å²) in [5.74, 6) is -0.136. The van der Waals surface area contributed by atoms with Crippen LogP contribution in [0.4, 0.5) is 5.69 Å². The number of anilines is 1. The topological polar surface area (TPSA) is 74.1 Å². The van der Waals surface area contributed by atoms with Crippen molar-refractivity contribution in [2.75, 3.05) is 31.1 Å². The monoisotopic (exact) mass is 429 g/mol. The molecule has 1 atom stereocenters. The maximum absolute atomic E-state index is 13.5. The minimum Gasteiger partial charge on any atom is -0.459 e. The zero-order valence-corrected chi connectivity index (χ0v) is 17.5. The van der Waals surface area contributed by atoms with Gasteiger partial charge in [-0.25, -0.2) is 0 Å². The average molecular weight is 429 g/mol. The number of benzene rings is 2. The van der Waals surface area contributed by atoms with Crippen molar-refractivity contribution in [1.29, 1.82) is 0 Å². The lowest BCUT2D eigenvalue weighted by Gasteiger charge is -2.37. The molecule has 0 aliphatic carbocycles. The van der Waals surface area contributed by atoms with Crippen LogP contribution in [-0.4, -0.2) is 59.7 Å². The first kappa shape index (κ1) is 20.1. The summed E-state index contributed by atoms with van der Waals surface area (Å²) in [6.07, 6.45) is 1.96. The average Bonchev–Trinajstić information content (AvgIpc) is 3.52. The third kappa shape index (κ3) is 3.56. The van der Waals surface area contributed by atoms with Gasteiger partial charge in [-0.05, 0) is 35.9 Å². The van der Waals surface area contributed by atoms with E-state index >= 15 is 0 Å². The highest BCUT2D eigenvalue weighted by Crippen LogP contribution is 2.34. The van der Waals surface area contributed by atoms with Crippen molar-refractivity contribution in [3.63, 3.8) is 0 Å². The molecule has 1 saturated heterocycles. The van der Waals surface area contributed by atoms with Gasteiger partial charge in [0.2, 0.25) is 5.91 Å². The number of rotatable bonds is 3. The van der Waals surface area contributed by atoms with Gasteiger partial charge in [-0.1, -0.05) is 36.4 Å². The highest BCUT2D eigenvalue weighted by atomic mass is 16.3. The Balaban J connectivity index is 1.34.